The van der Waals surface area contributed by atoms with E-state index >= 15 is 0 Å². The molecule has 0 aliphatic carbocycles. The van der Waals surface area contributed by atoms with Gasteiger partial charge in [0.05, 0.1) is 6.04 Å². The van der Waals surface area contributed by atoms with Crippen LogP contribution >= 0.6 is 0 Å². The summed E-state index contributed by atoms with van der Waals surface area (Å²) in [6, 6.07) is 9.52. The molecular formula is C27H39N5O4. The van der Waals surface area contributed by atoms with Crippen LogP contribution in [0.4, 0.5) is 6.01 Å². The minimum atomic E-state index is -0.547. The van der Waals surface area contributed by atoms with Crippen LogP contribution < -0.4 is 10.2 Å². The summed E-state index contributed by atoms with van der Waals surface area (Å²) in [6.07, 6.45) is 4.98. The molecule has 1 N–H and O–H groups in total. The van der Waals surface area contributed by atoms with Crippen LogP contribution in [0.2, 0.25) is 0 Å². The van der Waals surface area contributed by atoms with E-state index in [1.54, 1.807) is 12.1 Å². The number of carbonyl (C=O) groups excluding carboxylic acids is 2. The lowest BCUT2D eigenvalue weighted by atomic mass is 9.92. The second-order valence-electron chi connectivity index (χ2n) is 10.2. The number of carbonyl (C=O) groups is 2. The number of piperidine rings is 1. The van der Waals surface area contributed by atoms with Crippen LogP contribution in [0.15, 0.2) is 34.9 Å². The van der Waals surface area contributed by atoms with Gasteiger partial charge in [-0.25, -0.2) is 0 Å². The number of nitrogens with zero attached hydrogens (tertiary/aromatic N) is 4. The number of hydrogen-bond acceptors (Lipinski definition) is 7. The highest BCUT2D eigenvalue weighted by atomic mass is 16.5. The van der Waals surface area contributed by atoms with Crippen LogP contribution in [0.1, 0.15) is 81.4 Å². The zero-order valence-electron chi connectivity index (χ0n) is 21.7. The number of hydrogen-bond donors (Lipinski definition) is 1. The molecule has 9 heteroatoms. The Balaban J connectivity index is 1.24. The smallest absolute Gasteiger partial charge is 0.324 e. The summed E-state index contributed by atoms with van der Waals surface area (Å²) >= 11 is 0. The van der Waals surface area contributed by atoms with Crippen molar-refractivity contribution in [3.63, 3.8) is 0 Å². The number of ether oxygens (including phenoxy) is 1. The number of aromatic nitrogens is 2. The molecule has 3 heterocycles. The van der Waals surface area contributed by atoms with Gasteiger partial charge in [-0.2, -0.15) is 4.98 Å². The third kappa shape index (κ3) is 6.63. The first-order chi connectivity index (χ1) is 17.4. The average Bonchev–Trinajstić information content (AvgIpc) is 3.56. The molecule has 2 amide bonds. The SMILES string of the molecule is CC(C)c1noc(N2CCC(CCCOC(NC(=O)c3ccccc3)C(C)N3CCCC3=O)CC2)n1. The van der Waals surface area contributed by atoms with E-state index in [4.69, 9.17) is 9.26 Å². The van der Waals surface area contributed by atoms with E-state index in [1.165, 1.54) is 0 Å². The Labute approximate surface area is 213 Å². The molecule has 0 bridgehead atoms. The molecule has 2 unspecified atom stereocenters. The van der Waals surface area contributed by atoms with Crippen molar-refractivity contribution in [3.8, 4) is 0 Å². The van der Waals surface area contributed by atoms with Crippen LogP contribution in [0.25, 0.3) is 0 Å². The Bertz CT molecular complexity index is 987. The molecule has 196 valence electrons. The molecule has 2 atom stereocenters. The highest BCUT2D eigenvalue weighted by molar-refractivity contribution is 5.94. The minimum Gasteiger partial charge on any atom is -0.356 e. The van der Waals surface area contributed by atoms with Gasteiger partial charge in [0.15, 0.2) is 5.82 Å². The molecular weight excluding hydrogens is 458 g/mol. The minimum absolute atomic E-state index is 0.124. The lowest BCUT2D eigenvalue weighted by molar-refractivity contribution is -0.133. The molecule has 2 saturated heterocycles. The summed E-state index contributed by atoms with van der Waals surface area (Å²) in [5.41, 5.74) is 0.583. The average molecular weight is 498 g/mol. The maximum atomic E-state index is 12.8. The van der Waals surface area contributed by atoms with Crippen molar-refractivity contribution < 1.29 is 18.8 Å². The van der Waals surface area contributed by atoms with E-state index in [0.717, 1.165) is 51.0 Å². The van der Waals surface area contributed by atoms with Crippen molar-refractivity contribution >= 4 is 17.8 Å². The van der Waals surface area contributed by atoms with Gasteiger partial charge in [-0.15, -0.1) is 0 Å². The zero-order valence-corrected chi connectivity index (χ0v) is 21.7. The van der Waals surface area contributed by atoms with Crippen molar-refractivity contribution in [3.05, 3.63) is 41.7 Å². The summed E-state index contributed by atoms with van der Waals surface area (Å²) in [4.78, 5) is 33.6. The standard InChI is InChI=1S/C27H39N5O4/c1-19(2)24-28-27(36-30-24)31-16-13-21(14-17-31)9-8-18-35-26(20(3)32-15-7-12-23(32)33)29-25(34)22-10-5-4-6-11-22/h4-6,10-11,19-21,26H,7-9,12-18H2,1-3H3,(H,29,34). The van der Waals surface area contributed by atoms with Gasteiger partial charge in [0.2, 0.25) is 5.91 Å². The molecule has 1 aromatic heterocycles. The first-order valence-electron chi connectivity index (χ1n) is 13.3. The maximum Gasteiger partial charge on any atom is 0.324 e. The molecule has 2 aliphatic rings. The largest absolute Gasteiger partial charge is 0.356 e. The topological polar surface area (TPSA) is 101 Å². The monoisotopic (exact) mass is 497 g/mol. The quantitative estimate of drug-likeness (QED) is 0.370. The maximum absolute atomic E-state index is 12.8. The molecule has 9 nitrogen and oxygen atoms in total. The van der Waals surface area contributed by atoms with Crippen molar-refractivity contribution in [1.29, 1.82) is 0 Å². The second-order valence-corrected chi connectivity index (χ2v) is 10.2. The van der Waals surface area contributed by atoms with Gasteiger partial charge in [0.25, 0.3) is 5.91 Å². The number of benzene rings is 1. The van der Waals surface area contributed by atoms with Crippen LogP contribution in [-0.2, 0) is 9.53 Å². The summed E-state index contributed by atoms with van der Waals surface area (Å²) in [6.45, 7) is 9.14. The van der Waals surface area contributed by atoms with Gasteiger partial charge in [-0.1, -0.05) is 37.2 Å². The first-order valence-corrected chi connectivity index (χ1v) is 13.3. The Hall–Kier alpha value is -2.94. The van der Waals surface area contributed by atoms with E-state index in [-0.39, 0.29) is 23.8 Å². The number of likely N-dealkylation sites (tertiary alicyclic amines) is 1. The highest BCUT2D eigenvalue weighted by Crippen LogP contribution is 2.26. The van der Waals surface area contributed by atoms with Crippen molar-refractivity contribution in [2.24, 2.45) is 5.92 Å². The lowest BCUT2D eigenvalue weighted by Gasteiger charge is -2.33. The van der Waals surface area contributed by atoms with E-state index in [1.807, 2.05) is 30.0 Å². The molecule has 4 rings (SSSR count). The van der Waals surface area contributed by atoms with Gasteiger partial charge in [0.1, 0.15) is 6.23 Å². The normalized spacial score (nSPS) is 18.6. The summed E-state index contributed by atoms with van der Waals surface area (Å²) in [7, 11) is 0. The molecule has 0 spiro atoms. The third-order valence-corrected chi connectivity index (χ3v) is 7.24. The molecule has 2 fully saturated rings. The van der Waals surface area contributed by atoms with Crippen molar-refractivity contribution in [2.75, 3.05) is 31.1 Å². The predicted molar refractivity (Wildman–Crippen MR) is 137 cm³/mol. The number of amides is 2. The molecule has 0 saturated carbocycles. The second kappa shape index (κ2) is 12.3. The molecule has 2 aromatic rings. The molecule has 2 aliphatic heterocycles. The molecule has 0 radical (unpaired) electrons. The van der Waals surface area contributed by atoms with E-state index < -0.39 is 6.23 Å². The fourth-order valence-corrected chi connectivity index (χ4v) is 4.95. The molecule has 36 heavy (non-hydrogen) atoms. The Kier molecular flexibility index (Phi) is 8.96. The Morgan fingerprint density at radius 2 is 1.92 bits per heavy atom. The van der Waals surface area contributed by atoms with Crippen molar-refractivity contribution in [2.45, 2.75) is 77.5 Å². The summed E-state index contributed by atoms with van der Waals surface area (Å²) in [5, 5.41) is 7.09. The van der Waals surface area contributed by atoms with Gasteiger partial charge < -0.3 is 24.4 Å². The lowest BCUT2D eigenvalue weighted by Crippen LogP contribution is -2.52. The van der Waals surface area contributed by atoms with Crippen LogP contribution in [0.3, 0.4) is 0 Å². The highest BCUT2D eigenvalue weighted by Gasteiger charge is 2.32. The Morgan fingerprint density at radius 1 is 1.17 bits per heavy atom. The Morgan fingerprint density at radius 3 is 2.56 bits per heavy atom. The van der Waals surface area contributed by atoms with E-state index in [0.29, 0.717) is 37.1 Å². The first kappa shape index (κ1) is 26.1. The number of anilines is 1. The zero-order chi connectivity index (χ0) is 25.5. The van der Waals surface area contributed by atoms with Crippen LogP contribution in [0.5, 0.6) is 0 Å². The van der Waals surface area contributed by atoms with E-state index in [2.05, 4.69) is 34.2 Å². The van der Waals surface area contributed by atoms with Crippen molar-refractivity contribution in [1.82, 2.24) is 20.4 Å². The summed E-state index contributed by atoms with van der Waals surface area (Å²) < 4.78 is 11.6. The number of nitrogens with one attached hydrogen (secondary N) is 1. The third-order valence-electron chi connectivity index (χ3n) is 7.24. The van der Waals surface area contributed by atoms with Crippen LogP contribution in [-0.4, -0.2) is 65.4 Å². The predicted octanol–water partition coefficient (Wildman–Crippen LogP) is 3.97. The molecule has 1 aromatic carbocycles. The fourth-order valence-electron chi connectivity index (χ4n) is 4.95. The van der Waals surface area contributed by atoms with Gasteiger partial charge in [-0.05, 0) is 57.1 Å². The number of rotatable bonds is 11. The van der Waals surface area contributed by atoms with Gasteiger partial charge >= 0.3 is 6.01 Å². The fraction of sp³-hybridized carbons (Fsp3) is 0.630. The van der Waals surface area contributed by atoms with E-state index in [9.17, 15) is 9.59 Å². The van der Waals surface area contributed by atoms with Gasteiger partial charge in [0, 0.05) is 44.1 Å². The van der Waals surface area contributed by atoms with Gasteiger partial charge in [-0.3, -0.25) is 9.59 Å². The van der Waals surface area contributed by atoms with Crippen LogP contribution in [0, 0.1) is 5.92 Å². The summed E-state index contributed by atoms with van der Waals surface area (Å²) in [5.74, 6) is 1.56.